The monoisotopic (exact) mass is 375 g/mol. The molecule has 0 radical (unpaired) electrons. The summed E-state index contributed by atoms with van der Waals surface area (Å²) >= 11 is 0. The molecule has 1 saturated heterocycles. The van der Waals surface area contributed by atoms with Gasteiger partial charge in [0.1, 0.15) is 0 Å². The van der Waals surface area contributed by atoms with Gasteiger partial charge in [0.15, 0.2) is 0 Å². The van der Waals surface area contributed by atoms with Crippen LogP contribution in [0.1, 0.15) is 24.8 Å². The Morgan fingerprint density at radius 2 is 1.86 bits per heavy atom. The van der Waals surface area contributed by atoms with E-state index in [4.69, 9.17) is 0 Å². The third-order valence-electron chi connectivity index (χ3n) is 5.47. The van der Waals surface area contributed by atoms with Crippen molar-refractivity contribution in [2.45, 2.75) is 25.7 Å². The molecule has 1 atom stereocenters. The molecule has 1 fully saturated rings. The molecule has 4 rings (SSSR count). The minimum atomic E-state index is -0.147. The second-order valence-electron chi connectivity index (χ2n) is 7.39. The molecule has 2 amide bonds. The summed E-state index contributed by atoms with van der Waals surface area (Å²) in [6, 6.07) is 17.6. The van der Waals surface area contributed by atoms with Gasteiger partial charge in [0.05, 0.1) is 5.92 Å². The summed E-state index contributed by atoms with van der Waals surface area (Å²) in [5, 5.41) is 4.14. The maximum atomic E-state index is 12.7. The first-order valence-corrected chi connectivity index (χ1v) is 9.89. The van der Waals surface area contributed by atoms with Crippen LogP contribution in [0.5, 0.6) is 0 Å². The number of aromatic nitrogens is 1. The first-order chi connectivity index (χ1) is 13.7. The Balaban J connectivity index is 1.33. The van der Waals surface area contributed by atoms with E-state index in [0.717, 1.165) is 30.6 Å². The normalized spacial score (nSPS) is 16.9. The number of hydrogen-bond donors (Lipinski definition) is 2. The predicted octanol–water partition coefficient (Wildman–Crippen LogP) is 3.98. The van der Waals surface area contributed by atoms with E-state index in [9.17, 15) is 9.59 Å². The fraction of sp³-hybridized carbons (Fsp3) is 0.304. The highest BCUT2D eigenvalue weighted by Crippen LogP contribution is 2.22. The maximum absolute atomic E-state index is 12.7. The SMILES string of the molecule is O=C(Nc1ccccc1)C1CCCN(C(=O)CCc2c[nH]c3ccccc23)C1. The lowest BCUT2D eigenvalue weighted by Gasteiger charge is -2.32. The average Bonchev–Trinajstić information content (AvgIpc) is 3.16. The zero-order valence-corrected chi connectivity index (χ0v) is 15.9. The summed E-state index contributed by atoms with van der Waals surface area (Å²) in [5.41, 5.74) is 3.06. The Labute approximate surface area is 164 Å². The van der Waals surface area contributed by atoms with Gasteiger partial charge in [-0.3, -0.25) is 9.59 Å². The van der Waals surface area contributed by atoms with Crippen LogP contribution in [0.2, 0.25) is 0 Å². The molecule has 0 spiro atoms. The van der Waals surface area contributed by atoms with Gasteiger partial charge < -0.3 is 15.2 Å². The highest BCUT2D eigenvalue weighted by Gasteiger charge is 2.28. The van der Waals surface area contributed by atoms with E-state index >= 15 is 0 Å². The second-order valence-corrected chi connectivity index (χ2v) is 7.39. The molecule has 5 heteroatoms. The van der Waals surface area contributed by atoms with Crippen LogP contribution in [0.4, 0.5) is 5.69 Å². The van der Waals surface area contributed by atoms with Gasteiger partial charge in [0, 0.05) is 42.3 Å². The molecule has 1 aromatic heterocycles. The number of benzene rings is 2. The number of anilines is 1. The van der Waals surface area contributed by atoms with Crippen LogP contribution < -0.4 is 5.32 Å². The summed E-state index contributed by atoms with van der Waals surface area (Å²) in [6.07, 6.45) is 4.86. The Morgan fingerprint density at radius 1 is 1.07 bits per heavy atom. The van der Waals surface area contributed by atoms with Crippen molar-refractivity contribution in [2.24, 2.45) is 5.92 Å². The second kappa shape index (κ2) is 8.30. The van der Waals surface area contributed by atoms with Crippen LogP contribution >= 0.6 is 0 Å². The fourth-order valence-electron chi connectivity index (χ4n) is 3.92. The van der Waals surface area contributed by atoms with E-state index < -0.39 is 0 Å². The Bertz CT molecular complexity index is 964. The number of fused-ring (bicyclic) bond motifs is 1. The molecule has 2 N–H and O–H groups in total. The molecule has 1 unspecified atom stereocenters. The molecule has 28 heavy (non-hydrogen) atoms. The number of hydrogen-bond acceptors (Lipinski definition) is 2. The minimum absolute atomic E-state index is 0.000304. The largest absolute Gasteiger partial charge is 0.361 e. The van der Waals surface area contributed by atoms with Crippen molar-refractivity contribution in [2.75, 3.05) is 18.4 Å². The van der Waals surface area contributed by atoms with Crippen molar-refractivity contribution in [3.05, 3.63) is 66.4 Å². The molecular formula is C23H25N3O2. The topological polar surface area (TPSA) is 65.2 Å². The van der Waals surface area contributed by atoms with E-state index in [0.29, 0.717) is 19.4 Å². The standard InChI is InChI=1S/C23H25N3O2/c27-22(13-12-17-15-24-21-11-5-4-10-20(17)21)26-14-6-7-18(16-26)23(28)25-19-8-2-1-3-9-19/h1-5,8-11,15,18,24H,6-7,12-14,16H2,(H,25,28). The number of para-hydroxylation sites is 2. The summed E-state index contributed by atoms with van der Waals surface area (Å²) < 4.78 is 0. The zero-order valence-electron chi connectivity index (χ0n) is 15.9. The van der Waals surface area contributed by atoms with Crippen LogP contribution in [0.3, 0.4) is 0 Å². The lowest BCUT2D eigenvalue weighted by Crippen LogP contribution is -2.43. The number of nitrogens with one attached hydrogen (secondary N) is 2. The van der Waals surface area contributed by atoms with E-state index in [1.807, 2.05) is 59.6 Å². The average molecular weight is 375 g/mol. The van der Waals surface area contributed by atoms with Gasteiger partial charge in [-0.1, -0.05) is 36.4 Å². The maximum Gasteiger partial charge on any atom is 0.229 e. The zero-order chi connectivity index (χ0) is 19.3. The third kappa shape index (κ3) is 4.09. The van der Waals surface area contributed by atoms with Gasteiger partial charge in [-0.25, -0.2) is 0 Å². The van der Waals surface area contributed by atoms with Gasteiger partial charge >= 0.3 is 0 Å². The van der Waals surface area contributed by atoms with Gasteiger partial charge in [0.2, 0.25) is 11.8 Å². The van der Waals surface area contributed by atoms with Crippen molar-refractivity contribution in [1.29, 1.82) is 0 Å². The van der Waals surface area contributed by atoms with Crippen molar-refractivity contribution in [1.82, 2.24) is 9.88 Å². The first kappa shape index (κ1) is 18.3. The van der Waals surface area contributed by atoms with Crippen LogP contribution in [-0.4, -0.2) is 34.8 Å². The molecule has 0 aliphatic carbocycles. The molecule has 0 saturated carbocycles. The van der Waals surface area contributed by atoms with Crippen molar-refractivity contribution >= 4 is 28.4 Å². The smallest absolute Gasteiger partial charge is 0.229 e. The molecule has 144 valence electrons. The van der Waals surface area contributed by atoms with Crippen LogP contribution in [0.15, 0.2) is 60.8 Å². The highest BCUT2D eigenvalue weighted by molar-refractivity contribution is 5.93. The van der Waals surface area contributed by atoms with E-state index in [2.05, 4.69) is 16.4 Å². The number of H-pyrrole nitrogens is 1. The quantitative estimate of drug-likeness (QED) is 0.708. The van der Waals surface area contributed by atoms with Gasteiger partial charge in [0.25, 0.3) is 0 Å². The van der Waals surface area contributed by atoms with Gasteiger partial charge in [-0.15, -0.1) is 0 Å². The Kier molecular flexibility index (Phi) is 5.42. The van der Waals surface area contributed by atoms with Gasteiger partial charge in [-0.05, 0) is 43.0 Å². The molecule has 0 bridgehead atoms. The van der Waals surface area contributed by atoms with Crippen molar-refractivity contribution in [3.63, 3.8) is 0 Å². The number of rotatable bonds is 5. The number of nitrogens with zero attached hydrogens (tertiary/aromatic N) is 1. The summed E-state index contributed by atoms with van der Waals surface area (Å²) in [4.78, 5) is 30.4. The van der Waals surface area contributed by atoms with E-state index in [1.54, 1.807) is 0 Å². The van der Waals surface area contributed by atoms with Crippen LogP contribution in [0.25, 0.3) is 10.9 Å². The predicted molar refractivity (Wildman–Crippen MR) is 111 cm³/mol. The van der Waals surface area contributed by atoms with E-state index in [-0.39, 0.29) is 17.7 Å². The highest BCUT2D eigenvalue weighted by atomic mass is 16.2. The lowest BCUT2D eigenvalue weighted by molar-refractivity contribution is -0.134. The lowest BCUT2D eigenvalue weighted by atomic mass is 9.96. The van der Waals surface area contributed by atoms with Crippen molar-refractivity contribution in [3.8, 4) is 0 Å². The number of likely N-dealkylation sites (tertiary alicyclic amines) is 1. The summed E-state index contributed by atoms with van der Waals surface area (Å²) in [6.45, 7) is 1.24. The molecule has 1 aliphatic heterocycles. The number of aryl methyl sites for hydroxylation is 1. The van der Waals surface area contributed by atoms with E-state index in [1.165, 1.54) is 10.9 Å². The molecule has 2 aromatic carbocycles. The molecular weight excluding hydrogens is 350 g/mol. The van der Waals surface area contributed by atoms with Crippen molar-refractivity contribution < 1.29 is 9.59 Å². The molecule has 3 aromatic rings. The van der Waals surface area contributed by atoms with Crippen LogP contribution in [0, 0.1) is 5.92 Å². The number of carbonyl (C=O) groups is 2. The first-order valence-electron chi connectivity index (χ1n) is 9.89. The molecule has 1 aliphatic rings. The number of amides is 2. The van der Waals surface area contributed by atoms with Gasteiger partial charge in [-0.2, -0.15) is 0 Å². The molecule has 5 nitrogen and oxygen atoms in total. The Morgan fingerprint density at radius 3 is 2.71 bits per heavy atom. The number of carbonyl (C=O) groups excluding carboxylic acids is 2. The molecule has 2 heterocycles. The Hall–Kier alpha value is -3.08. The summed E-state index contributed by atoms with van der Waals surface area (Å²) in [7, 11) is 0. The number of aromatic amines is 1. The van der Waals surface area contributed by atoms with Crippen LogP contribution in [-0.2, 0) is 16.0 Å². The fourth-order valence-corrected chi connectivity index (χ4v) is 3.92. The minimum Gasteiger partial charge on any atom is -0.361 e. The number of piperidine rings is 1. The summed E-state index contributed by atoms with van der Waals surface area (Å²) in [5.74, 6) is -0.0196. The third-order valence-corrected chi connectivity index (χ3v) is 5.47.